The number of ether oxygens (including phenoxy) is 2. The van der Waals surface area contributed by atoms with Gasteiger partial charge in [-0.2, -0.15) is 0 Å². The number of aliphatic carboxylic acids is 1. The Hall–Kier alpha value is -2.74. The Balaban J connectivity index is 2.20. The number of rotatable bonds is 8. The predicted octanol–water partition coefficient (Wildman–Crippen LogP) is 5.95. The summed E-state index contributed by atoms with van der Waals surface area (Å²) in [7, 11) is 0. The number of anilines is 1. The fourth-order valence-corrected chi connectivity index (χ4v) is 4.27. The molecular weight excluding hydrogens is 449 g/mol. The number of aryl methyl sites for hydroxylation is 1. The minimum absolute atomic E-state index is 0.0448. The molecule has 2 aromatic rings. The van der Waals surface area contributed by atoms with E-state index < -0.39 is 23.5 Å². The van der Waals surface area contributed by atoms with E-state index in [1.165, 1.54) is 6.07 Å². The van der Waals surface area contributed by atoms with Crippen molar-refractivity contribution in [1.82, 2.24) is 9.97 Å². The number of carboxylic acids is 1. The van der Waals surface area contributed by atoms with Crippen LogP contribution in [0.3, 0.4) is 0 Å². The van der Waals surface area contributed by atoms with Crippen LogP contribution in [0.15, 0.2) is 18.5 Å². The van der Waals surface area contributed by atoms with Crippen LogP contribution in [0.25, 0.3) is 11.1 Å². The first kappa shape index (κ1) is 26.9. The summed E-state index contributed by atoms with van der Waals surface area (Å²) in [6, 6.07) is 1.38. The molecule has 1 aliphatic rings. The molecule has 0 aromatic carbocycles. The van der Waals surface area contributed by atoms with Crippen LogP contribution in [0.4, 0.5) is 10.1 Å². The fourth-order valence-electron chi connectivity index (χ4n) is 4.27. The molecule has 1 N–H and O–H groups in total. The number of hydrogen-bond acceptors (Lipinski definition) is 6. The van der Waals surface area contributed by atoms with Gasteiger partial charge in [0.15, 0.2) is 11.9 Å². The van der Waals surface area contributed by atoms with E-state index >= 15 is 0 Å². The monoisotopic (exact) mass is 487 g/mol. The second-order valence-electron chi connectivity index (χ2n) is 11.0. The Bertz CT molecular complexity index is 1060. The molecular formula is C27H38FN3O4. The van der Waals surface area contributed by atoms with E-state index in [0.717, 1.165) is 32.4 Å². The second-order valence-corrected chi connectivity index (χ2v) is 11.0. The third-order valence-corrected chi connectivity index (χ3v) is 6.24. The average molecular weight is 488 g/mol. The Kier molecular flexibility index (Phi) is 8.04. The normalized spacial score (nSPS) is 16.7. The van der Waals surface area contributed by atoms with E-state index in [1.54, 1.807) is 19.3 Å². The number of piperidine rings is 1. The highest BCUT2D eigenvalue weighted by Gasteiger charge is 2.36. The summed E-state index contributed by atoms with van der Waals surface area (Å²) >= 11 is 0. The van der Waals surface area contributed by atoms with Gasteiger partial charge in [-0.1, -0.05) is 20.8 Å². The molecule has 0 spiro atoms. The summed E-state index contributed by atoms with van der Waals surface area (Å²) in [6.45, 7) is 15.5. The smallest absolute Gasteiger partial charge is 0.337 e. The molecule has 0 unspecified atom stereocenters. The van der Waals surface area contributed by atoms with Gasteiger partial charge in [-0.3, -0.25) is 4.98 Å². The van der Waals surface area contributed by atoms with E-state index in [4.69, 9.17) is 9.47 Å². The lowest BCUT2D eigenvalue weighted by Crippen LogP contribution is -2.39. The molecule has 0 radical (unpaired) electrons. The van der Waals surface area contributed by atoms with Crippen LogP contribution < -0.4 is 9.64 Å². The number of halogens is 1. The van der Waals surface area contributed by atoms with Crippen LogP contribution in [0, 0.1) is 18.2 Å². The molecule has 35 heavy (non-hydrogen) atoms. The molecule has 0 bridgehead atoms. The summed E-state index contributed by atoms with van der Waals surface area (Å²) in [4.78, 5) is 23.4. The summed E-state index contributed by atoms with van der Waals surface area (Å²) in [6.07, 6.45) is 4.64. The Morgan fingerprint density at radius 1 is 1.23 bits per heavy atom. The molecule has 7 nitrogen and oxygen atoms in total. The standard InChI is InChI=1S/C27H38FN3O4/c1-8-13-34-24-20(28)14-18(15-30-24)19-16-29-17(2)21(23(25(32)33)35-26(3,4)5)22(19)31-11-9-27(6,7)10-12-31/h14-16,23H,8-13H2,1-7H3,(H,32,33)/t23-/m0/s1. The molecule has 2 aromatic heterocycles. The number of pyridine rings is 2. The average Bonchev–Trinajstić information content (AvgIpc) is 2.76. The van der Waals surface area contributed by atoms with Gasteiger partial charge in [0.25, 0.3) is 0 Å². The number of carboxylic acid groups (broad SMARTS) is 1. The maximum absolute atomic E-state index is 14.9. The second kappa shape index (κ2) is 10.5. The zero-order chi connectivity index (χ0) is 26.0. The fraction of sp³-hybridized carbons (Fsp3) is 0.593. The van der Waals surface area contributed by atoms with Crippen LogP contribution in [0.2, 0.25) is 0 Å². The molecule has 192 valence electrons. The van der Waals surface area contributed by atoms with Gasteiger partial charge in [0.1, 0.15) is 0 Å². The topological polar surface area (TPSA) is 84.8 Å². The maximum atomic E-state index is 14.9. The number of nitrogens with zero attached hydrogens (tertiary/aromatic N) is 3. The molecule has 1 atom stereocenters. The first-order valence-corrected chi connectivity index (χ1v) is 12.3. The Labute approximate surface area is 207 Å². The maximum Gasteiger partial charge on any atom is 0.337 e. The van der Waals surface area contributed by atoms with Crippen molar-refractivity contribution in [3.8, 4) is 17.0 Å². The summed E-state index contributed by atoms with van der Waals surface area (Å²) in [5.41, 5.74) is 2.42. The lowest BCUT2D eigenvalue weighted by Gasteiger charge is -2.40. The zero-order valence-corrected chi connectivity index (χ0v) is 21.9. The highest BCUT2D eigenvalue weighted by Crippen LogP contribution is 2.43. The van der Waals surface area contributed by atoms with Crippen LogP contribution in [-0.2, 0) is 9.53 Å². The first-order valence-electron chi connectivity index (χ1n) is 12.3. The molecule has 1 fully saturated rings. The van der Waals surface area contributed by atoms with Crippen LogP contribution in [-0.4, -0.2) is 46.3 Å². The number of hydrogen-bond donors (Lipinski definition) is 1. The van der Waals surface area contributed by atoms with E-state index in [0.29, 0.717) is 34.7 Å². The molecule has 0 saturated carbocycles. The van der Waals surface area contributed by atoms with Crippen molar-refractivity contribution < 1.29 is 23.8 Å². The van der Waals surface area contributed by atoms with Crippen LogP contribution in [0.1, 0.15) is 78.2 Å². The minimum Gasteiger partial charge on any atom is -0.479 e. The Morgan fingerprint density at radius 2 is 1.89 bits per heavy atom. The number of carbonyl (C=O) groups is 1. The summed E-state index contributed by atoms with van der Waals surface area (Å²) in [5, 5.41) is 10.2. The van der Waals surface area contributed by atoms with E-state index in [2.05, 4.69) is 28.7 Å². The lowest BCUT2D eigenvalue weighted by molar-refractivity contribution is -0.160. The van der Waals surface area contributed by atoms with Gasteiger partial charge < -0.3 is 19.5 Å². The van der Waals surface area contributed by atoms with E-state index in [9.17, 15) is 14.3 Å². The molecule has 0 aliphatic carbocycles. The summed E-state index contributed by atoms with van der Waals surface area (Å²) in [5.74, 6) is -1.70. The van der Waals surface area contributed by atoms with E-state index in [1.807, 2.05) is 27.7 Å². The van der Waals surface area contributed by atoms with Gasteiger partial charge in [0.2, 0.25) is 5.88 Å². The summed E-state index contributed by atoms with van der Waals surface area (Å²) < 4.78 is 26.3. The highest BCUT2D eigenvalue weighted by molar-refractivity contribution is 5.86. The van der Waals surface area contributed by atoms with Crippen molar-refractivity contribution >= 4 is 11.7 Å². The van der Waals surface area contributed by atoms with Crippen molar-refractivity contribution in [1.29, 1.82) is 0 Å². The van der Waals surface area contributed by atoms with Gasteiger partial charge >= 0.3 is 5.97 Å². The lowest BCUT2D eigenvalue weighted by atomic mass is 9.82. The van der Waals surface area contributed by atoms with Gasteiger partial charge in [0, 0.05) is 47.9 Å². The third kappa shape index (κ3) is 6.48. The van der Waals surface area contributed by atoms with Crippen LogP contribution in [0.5, 0.6) is 5.88 Å². The minimum atomic E-state index is -1.22. The van der Waals surface area contributed by atoms with Gasteiger partial charge in [-0.25, -0.2) is 14.2 Å². The third-order valence-electron chi connectivity index (χ3n) is 6.24. The van der Waals surface area contributed by atoms with Crippen molar-refractivity contribution in [2.24, 2.45) is 5.41 Å². The van der Waals surface area contributed by atoms with Gasteiger partial charge in [0.05, 0.1) is 17.9 Å². The van der Waals surface area contributed by atoms with Crippen LogP contribution >= 0.6 is 0 Å². The zero-order valence-electron chi connectivity index (χ0n) is 21.9. The molecule has 1 saturated heterocycles. The molecule has 0 amide bonds. The number of aromatic nitrogens is 2. The van der Waals surface area contributed by atoms with Crippen molar-refractivity contribution in [2.75, 3.05) is 24.6 Å². The predicted molar refractivity (Wildman–Crippen MR) is 134 cm³/mol. The quantitative estimate of drug-likeness (QED) is 0.493. The molecule has 3 rings (SSSR count). The van der Waals surface area contributed by atoms with Crippen molar-refractivity contribution in [3.05, 3.63) is 35.5 Å². The van der Waals surface area contributed by atoms with Gasteiger partial charge in [-0.15, -0.1) is 0 Å². The first-order chi connectivity index (χ1) is 16.3. The largest absolute Gasteiger partial charge is 0.479 e. The van der Waals surface area contributed by atoms with Crippen molar-refractivity contribution in [2.45, 2.75) is 79.4 Å². The Morgan fingerprint density at radius 3 is 2.43 bits per heavy atom. The van der Waals surface area contributed by atoms with Crippen molar-refractivity contribution in [3.63, 3.8) is 0 Å². The molecule has 1 aliphatic heterocycles. The molecule has 8 heteroatoms. The molecule has 3 heterocycles. The SMILES string of the molecule is CCCOc1ncc(-c2cnc(C)c([C@H](OC(C)(C)C)C(=O)O)c2N2CCC(C)(C)CC2)cc1F. The highest BCUT2D eigenvalue weighted by atomic mass is 19.1. The van der Waals surface area contributed by atoms with E-state index in [-0.39, 0.29) is 11.3 Å². The van der Waals surface area contributed by atoms with Gasteiger partial charge in [-0.05, 0) is 58.4 Å².